The Morgan fingerprint density at radius 1 is 1.15 bits per heavy atom. The van der Waals surface area contributed by atoms with Crippen LogP contribution in [0.25, 0.3) is 0 Å². The number of hydrogen-bond acceptors (Lipinski definition) is 4. The molecule has 0 spiro atoms. The van der Waals surface area contributed by atoms with Crippen molar-refractivity contribution in [1.29, 1.82) is 0 Å². The lowest BCUT2D eigenvalue weighted by Gasteiger charge is -2.18. The minimum absolute atomic E-state index is 0.0323. The number of amides is 1. The fraction of sp³-hybridized carbons (Fsp3) is 0.350. The summed E-state index contributed by atoms with van der Waals surface area (Å²) < 4.78 is 28.3. The first kappa shape index (κ1) is 19.4. The molecule has 0 aliphatic carbocycles. The summed E-state index contributed by atoms with van der Waals surface area (Å²) in [5.41, 5.74) is 2.16. The number of carbonyl (C=O) groups is 1. The molecule has 1 fully saturated rings. The van der Waals surface area contributed by atoms with Crippen molar-refractivity contribution in [2.45, 2.75) is 18.5 Å². The van der Waals surface area contributed by atoms with Gasteiger partial charge in [0.25, 0.3) is 5.91 Å². The zero-order valence-electron chi connectivity index (χ0n) is 15.3. The number of rotatable bonds is 7. The molecule has 1 amide bonds. The normalized spacial score (nSPS) is 19.4. The van der Waals surface area contributed by atoms with E-state index in [9.17, 15) is 13.2 Å². The van der Waals surface area contributed by atoms with Gasteiger partial charge in [0.15, 0.2) is 16.4 Å². The number of benzene rings is 2. The molecule has 1 saturated heterocycles. The van der Waals surface area contributed by atoms with Gasteiger partial charge in [0.1, 0.15) is 11.8 Å². The summed E-state index contributed by atoms with van der Waals surface area (Å²) in [5.74, 6) is 0.830. The molecule has 0 radical (unpaired) electrons. The van der Waals surface area contributed by atoms with Crippen molar-refractivity contribution in [3.63, 3.8) is 0 Å². The highest BCUT2D eigenvalue weighted by Crippen LogP contribution is 2.21. The minimum atomic E-state index is -3.00. The lowest BCUT2D eigenvalue weighted by atomic mass is 9.98. The van der Waals surface area contributed by atoms with Gasteiger partial charge < -0.3 is 15.4 Å². The highest BCUT2D eigenvalue weighted by atomic mass is 32.2. The van der Waals surface area contributed by atoms with Crippen molar-refractivity contribution in [1.82, 2.24) is 5.32 Å². The molecule has 3 N–H and O–H groups in total. The van der Waals surface area contributed by atoms with Crippen LogP contribution in [0.2, 0.25) is 0 Å². The van der Waals surface area contributed by atoms with Crippen LogP contribution in [0.4, 0.5) is 0 Å². The van der Waals surface area contributed by atoms with Crippen LogP contribution in [-0.2, 0) is 14.6 Å². The van der Waals surface area contributed by atoms with Gasteiger partial charge in [-0.25, -0.2) is 8.42 Å². The van der Waals surface area contributed by atoms with Crippen molar-refractivity contribution in [2.75, 3.05) is 25.2 Å². The van der Waals surface area contributed by atoms with E-state index in [4.69, 9.17) is 4.74 Å². The van der Waals surface area contributed by atoms with Crippen molar-refractivity contribution >= 4 is 15.7 Å². The summed E-state index contributed by atoms with van der Waals surface area (Å²) in [7, 11) is -1.37. The van der Waals surface area contributed by atoms with Crippen LogP contribution in [0.15, 0.2) is 54.6 Å². The third kappa shape index (κ3) is 5.30. The Labute approximate surface area is 159 Å². The zero-order valence-corrected chi connectivity index (χ0v) is 16.1. The average Bonchev–Trinajstić information content (AvgIpc) is 3.01. The molecular weight excluding hydrogens is 364 g/mol. The van der Waals surface area contributed by atoms with Crippen molar-refractivity contribution in [2.24, 2.45) is 0 Å². The Balaban J connectivity index is 1.67. The summed E-state index contributed by atoms with van der Waals surface area (Å²) >= 11 is 0. The van der Waals surface area contributed by atoms with Gasteiger partial charge in [0, 0.05) is 17.2 Å². The lowest BCUT2D eigenvalue weighted by molar-refractivity contribution is -0.676. The second kappa shape index (κ2) is 8.54. The monoisotopic (exact) mass is 389 g/mol. The molecule has 2 atom stereocenters. The molecule has 0 bridgehead atoms. The van der Waals surface area contributed by atoms with Gasteiger partial charge in [-0.15, -0.1) is 0 Å². The minimum Gasteiger partial charge on any atom is -0.497 e. The van der Waals surface area contributed by atoms with Crippen LogP contribution >= 0.6 is 0 Å². The van der Waals surface area contributed by atoms with Crippen LogP contribution in [0.3, 0.4) is 0 Å². The van der Waals surface area contributed by atoms with E-state index in [1.807, 2.05) is 59.9 Å². The van der Waals surface area contributed by atoms with E-state index in [1.165, 1.54) is 0 Å². The smallest absolute Gasteiger partial charge is 0.275 e. The number of hydrogen-bond donors (Lipinski definition) is 2. The maximum absolute atomic E-state index is 12.3. The molecule has 0 aromatic heterocycles. The van der Waals surface area contributed by atoms with E-state index in [0.29, 0.717) is 6.42 Å². The van der Waals surface area contributed by atoms with Gasteiger partial charge in [0.05, 0.1) is 18.6 Å². The lowest BCUT2D eigenvalue weighted by Crippen LogP contribution is -2.88. The third-order valence-corrected chi connectivity index (χ3v) is 6.54. The molecule has 144 valence electrons. The third-order valence-electron chi connectivity index (χ3n) is 4.77. The predicted molar refractivity (Wildman–Crippen MR) is 103 cm³/mol. The highest BCUT2D eigenvalue weighted by molar-refractivity contribution is 7.91. The van der Waals surface area contributed by atoms with Crippen molar-refractivity contribution in [3.8, 4) is 5.75 Å². The fourth-order valence-corrected chi connectivity index (χ4v) is 5.03. The first-order valence-corrected chi connectivity index (χ1v) is 10.8. The Kier molecular flexibility index (Phi) is 6.13. The average molecular weight is 389 g/mol. The second-order valence-electron chi connectivity index (χ2n) is 6.77. The van der Waals surface area contributed by atoms with E-state index >= 15 is 0 Å². The van der Waals surface area contributed by atoms with Crippen LogP contribution < -0.4 is 15.4 Å². The summed E-state index contributed by atoms with van der Waals surface area (Å²) in [6, 6.07) is 17.5. The fourth-order valence-electron chi connectivity index (χ4n) is 3.36. The molecular formula is C20H25N2O4S+. The number of nitrogens with one attached hydrogen (secondary N) is 1. The number of quaternary nitrogens is 1. The molecule has 6 nitrogen and oxygen atoms in total. The molecule has 2 aromatic carbocycles. The number of methoxy groups -OCH3 is 1. The van der Waals surface area contributed by atoms with Gasteiger partial charge in [-0.05, 0) is 30.7 Å². The Hall–Kier alpha value is -2.38. The van der Waals surface area contributed by atoms with Crippen molar-refractivity contribution < 1.29 is 23.3 Å². The molecule has 1 heterocycles. The summed E-state index contributed by atoms with van der Waals surface area (Å²) in [6.07, 6.45) is 0.495. The first-order valence-electron chi connectivity index (χ1n) is 8.99. The van der Waals surface area contributed by atoms with Gasteiger partial charge in [-0.1, -0.05) is 30.3 Å². The zero-order chi connectivity index (χ0) is 19.3. The maximum Gasteiger partial charge on any atom is 0.275 e. The summed E-state index contributed by atoms with van der Waals surface area (Å²) in [5, 5.41) is 4.81. The number of carbonyl (C=O) groups excluding carboxylic acids is 1. The maximum atomic E-state index is 12.3. The molecule has 1 aliphatic rings. The van der Waals surface area contributed by atoms with Gasteiger partial charge >= 0.3 is 0 Å². The van der Waals surface area contributed by atoms with Crippen LogP contribution in [0, 0.1) is 0 Å². The number of sulfone groups is 1. The van der Waals surface area contributed by atoms with E-state index in [-0.39, 0.29) is 36.0 Å². The number of ether oxygens (including phenoxy) is 1. The molecule has 3 rings (SSSR count). The largest absolute Gasteiger partial charge is 0.497 e. The topological polar surface area (TPSA) is 89.1 Å². The van der Waals surface area contributed by atoms with Crippen LogP contribution in [0.1, 0.15) is 23.6 Å². The van der Waals surface area contributed by atoms with E-state index in [1.54, 1.807) is 7.11 Å². The highest BCUT2D eigenvalue weighted by Gasteiger charge is 2.29. The molecule has 27 heavy (non-hydrogen) atoms. The van der Waals surface area contributed by atoms with Crippen LogP contribution in [-0.4, -0.2) is 45.5 Å². The predicted octanol–water partition coefficient (Wildman–Crippen LogP) is 0.651. The summed E-state index contributed by atoms with van der Waals surface area (Å²) in [6.45, 7) is 0.224. The molecule has 2 aromatic rings. The van der Waals surface area contributed by atoms with Gasteiger partial charge in [-0.2, -0.15) is 0 Å². The van der Waals surface area contributed by atoms with E-state index in [0.717, 1.165) is 16.9 Å². The van der Waals surface area contributed by atoms with Crippen LogP contribution in [0.5, 0.6) is 5.75 Å². The number of nitrogens with two attached hydrogens (primary N) is 1. The first-order chi connectivity index (χ1) is 13.0. The van der Waals surface area contributed by atoms with Crippen molar-refractivity contribution in [3.05, 3.63) is 65.7 Å². The molecule has 0 unspecified atom stereocenters. The van der Waals surface area contributed by atoms with E-state index in [2.05, 4.69) is 5.32 Å². The molecule has 7 heteroatoms. The quantitative estimate of drug-likeness (QED) is 0.728. The molecule has 0 saturated carbocycles. The standard InChI is InChI=1S/C20H24N2O4S/c1-26-18-9-7-16(8-10-18)20(15-5-3-2-4-6-15)21-13-19(23)22-17-11-12-27(24,25)14-17/h2-10,17,20-21H,11-14H2,1H3,(H,22,23)/p+1/t17-,20+/m0/s1. The van der Waals surface area contributed by atoms with Gasteiger partial charge in [-0.3, -0.25) is 4.79 Å². The summed E-state index contributed by atoms with van der Waals surface area (Å²) in [4.78, 5) is 12.3. The Morgan fingerprint density at radius 3 is 2.41 bits per heavy atom. The molecule has 1 aliphatic heterocycles. The van der Waals surface area contributed by atoms with E-state index < -0.39 is 9.84 Å². The Morgan fingerprint density at radius 2 is 1.81 bits per heavy atom. The second-order valence-corrected chi connectivity index (χ2v) is 9.00. The Bertz CT molecular complexity index is 867. The SMILES string of the molecule is COc1ccc([C@H]([NH2+]CC(=O)N[C@H]2CCS(=O)(=O)C2)c2ccccc2)cc1. The van der Waals surface area contributed by atoms with Gasteiger partial charge in [0.2, 0.25) is 0 Å².